The van der Waals surface area contributed by atoms with Crippen molar-refractivity contribution in [2.75, 3.05) is 19.4 Å². The third-order valence-corrected chi connectivity index (χ3v) is 6.42. The molecule has 0 spiro atoms. The van der Waals surface area contributed by atoms with Crippen LogP contribution >= 0.6 is 23.2 Å². The first kappa shape index (κ1) is 26.6. The minimum atomic E-state index is -3.87. The fourth-order valence-corrected chi connectivity index (χ4v) is 4.54. The number of hydrogen-bond acceptors (Lipinski definition) is 7. The molecule has 2 aromatic carbocycles. The van der Waals surface area contributed by atoms with Gasteiger partial charge in [0, 0.05) is 34.8 Å². The molecule has 1 atom stereocenters. The number of nitro benzene ring substituents is 1. The monoisotopic (exact) mass is 516 g/mol. The maximum atomic E-state index is 12.2. The number of nitrogens with zero attached hydrogens (tertiary/aromatic N) is 1. The summed E-state index contributed by atoms with van der Waals surface area (Å²) in [6.07, 6.45) is 2.41. The van der Waals surface area contributed by atoms with Crippen LogP contribution < -0.4 is 5.32 Å². The zero-order chi connectivity index (χ0) is 24.8. The molecule has 0 heterocycles. The first-order chi connectivity index (χ1) is 15.4. The second-order valence-electron chi connectivity index (χ2n) is 7.24. The smallest absolute Gasteiger partial charge is 0.338 e. The predicted molar refractivity (Wildman–Crippen MR) is 124 cm³/mol. The van der Waals surface area contributed by atoms with Crippen LogP contribution in [0.4, 0.5) is 5.69 Å². The number of ether oxygens (including phenoxy) is 1. The summed E-state index contributed by atoms with van der Waals surface area (Å²) in [5.41, 5.74) is -0.171. The van der Waals surface area contributed by atoms with Crippen molar-refractivity contribution in [2.24, 2.45) is 0 Å². The lowest BCUT2D eigenvalue weighted by atomic mass is 9.94. The summed E-state index contributed by atoms with van der Waals surface area (Å²) in [5.74, 6) is -1.65. The van der Waals surface area contributed by atoms with Crippen molar-refractivity contribution in [1.29, 1.82) is 0 Å². The molecule has 2 rings (SSSR count). The number of sulfone groups is 1. The number of esters is 1. The highest BCUT2D eigenvalue weighted by Gasteiger charge is 2.25. The fraction of sp³-hybridized carbons (Fsp3) is 0.333. The van der Waals surface area contributed by atoms with E-state index in [4.69, 9.17) is 27.9 Å². The number of hydrogen-bond donors (Lipinski definition) is 1. The molecule has 12 heteroatoms. The Labute approximate surface area is 201 Å². The average Bonchev–Trinajstić information content (AvgIpc) is 2.74. The lowest BCUT2D eigenvalue weighted by Gasteiger charge is -2.19. The quantitative estimate of drug-likeness (QED) is 0.284. The van der Waals surface area contributed by atoms with Crippen molar-refractivity contribution in [3.05, 3.63) is 67.7 Å². The Kier molecular flexibility index (Phi) is 9.21. The van der Waals surface area contributed by atoms with Gasteiger partial charge in [0.05, 0.1) is 10.5 Å². The number of benzene rings is 2. The third kappa shape index (κ3) is 7.41. The Morgan fingerprint density at radius 2 is 1.88 bits per heavy atom. The van der Waals surface area contributed by atoms with Crippen molar-refractivity contribution >= 4 is 50.6 Å². The molecule has 0 saturated heterocycles. The highest BCUT2D eigenvalue weighted by molar-refractivity contribution is 7.90. The fourth-order valence-electron chi connectivity index (χ4n) is 3.15. The molecule has 0 aliphatic rings. The van der Waals surface area contributed by atoms with Crippen molar-refractivity contribution in [1.82, 2.24) is 5.32 Å². The van der Waals surface area contributed by atoms with Gasteiger partial charge in [-0.05, 0) is 36.2 Å². The highest BCUT2D eigenvalue weighted by Crippen LogP contribution is 2.30. The standard InChI is InChI=1S/C21H22Cl2N2O7S/c1-3-4-14(16-7-6-15(22)10-17(16)23)11-24-20(26)12-32-21(27)13-5-8-19(33(2,30)31)18(9-13)25(28)29/h5-10,14H,3-4,11-12H2,1-2H3,(H,24,26). The van der Waals surface area contributed by atoms with E-state index in [2.05, 4.69) is 5.32 Å². The highest BCUT2D eigenvalue weighted by atomic mass is 35.5. The van der Waals surface area contributed by atoms with E-state index in [9.17, 15) is 28.1 Å². The van der Waals surface area contributed by atoms with E-state index in [1.165, 1.54) is 0 Å². The van der Waals surface area contributed by atoms with Crippen LogP contribution in [0.1, 0.15) is 41.6 Å². The molecule has 2 aromatic rings. The lowest BCUT2D eigenvalue weighted by molar-refractivity contribution is -0.387. The maximum Gasteiger partial charge on any atom is 0.338 e. The molecule has 1 amide bonds. The number of amides is 1. The van der Waals surface area contributed by atoms with Gasteiger partial charge in [-0.1, -0.05) is 42.6 Å². The van der Waals surface area contributed by atoms with Gasteiger partial charge in [-0.2, -0.15) is 0 Å². The number of rotatable bonds is 10. The predicted octanol–water partition coefficient (Wildman–Crippen LogP) is 4.16. The summed E-state index contributed by atoms with van der Waals surface area (Å²) < 4.78 is 28.3. The molecule has 0 aromatic heterocycles. The first-order valence-electron chi connectivity index (χ1n) is 9.81. The van der Waals surface area contributed by atoms with E-state index in [0.717, 1.165) is 42.9 Å². The summed E-state index contributed by atoms with van der Waals surface area (Å²) in [5, 5.41) is 14.8. The average molecular weight is 517 g/mol. The second kappa shape index (κ2) is 11.4. The molecule has 1 unspecified atom stereocenters. The molecule has 0 saturated carbocycles. The normalized spacial score (nSPS) is 12.1. The topological polar surface area (TPSA) is 133 Å². The number of nitro groups is 1. The summed E-state index contributed by atoms with van der Waals surface area (Å²) in [6, 6.07) is 7.97. The molecular weight excluding hydrogens is 495 g/mol. The summed E-state index contributed by atoms with van der Waals surface area (Å²) in [6.45, 7) is 1.63. The van der Waals surface area contributed by atoms with Crippen LogP contribution in [0.2, 0.25) is 10.0 Å². The Balaban J connectivity index is 2.01. The van der Waals surface area contributed by atoms with Crippen LogP contribution in [0.3, 0.4) is 0 Å². The molecule has 0 aliphatic carbocycles. The van der Waals surface area contributed by atoms with Crippen LogP contribution in [-0.2, 0) is 19.4 Å². The number of carbonyl (C=O) groups is 2. The molecule has 0 aliphatic heterocycles. The molecular formula is C21H22Cl2N2O7S. The Hall–Kier alpha value is -2.69. The van der Waals surface area contributed by atoms with Gasteiger partial charge in [0.15, 0.2) is 16.4 Å². The first-order valence-corrected chi connectivity index (χ1v) is 12.5. The van der Waals surface area contributed by atoms with Crippen molar-refractivity contribution in [3.63, 3.8) is 0 Å². The van der Waals surface area contributed by atoms with Gasteiger partial charge >= 0.3 is 5.97 Å². The van der Waals surface area contributed by atoms with Crippen LogP contribution in [0, 0.1) is 10.1 Å². The van der Waals surface area contributed by atoms with E-state index in [1.807, 2.05) is 6.92 Å². The van der Waals surface area contributed by atoms with Crippen LogP contribution in [0.5, 0.6) is 0 Å². The minimum Gasteiger partial charge on any atom is -0.452 e. The Morgan fingerprint density at radius 1 is 1.18 bits per heavy atom. The van der Waals surface area contributed by atoms with E-state index in [-0.39, 0.29) is 18.0 Å². The maximum absolute atomic E-state index is 12.2. The number of carbonyl (C=O) groups excluding carboxylic acids is 2. The minimum absolute atomic E-state index is 0.0781. The number of nitrogens with one attached hydrogen (secondary N) is 1. The second-order valence-corrected chi connectivity index (χ2v) is 10.1. The van der Waals surface area contributed by atoms with Gasteiger partial charge in [0.25, 0.3) is 11.6 Å². The molecule has 178 valence electrons. The van der Waals surface area contributed by atoms with Gasteiger partial charge in [0.1, 0.15) is 4.90 Å². The van der Waals surface area contributed by atoms with Gasteiger partial charge in [0.2, 0.25) is 0 Å². The van der Waals surface area contributed by atoms with Gasteiger partial charge in [-0.25, -0.2) is 13.2 Å². The third-order valence-electron chi connectivity index (χ3n) is 4.71. The largest absolute Gasteiger partial charge is 0.452 e. The molecule has 0 radical (unpaired) electrons. The molecule has 1 N–H and O–H groups in total. The van der Waals surface area contributed by atoms with E-state index < -0.39 is 43.8 Å². The van der Waals surface area contributed by atoms with Gasteiger partial charge < -0.3 is 10.1 Å². The summed E-state index contributed by atoms with van der Waals surface area (Å²) in [7, 11) is -3.87. The zero-order valence-corrected chi connectivity index (χ0v) is 20.2. The van der Waals surface area contributed by atoms with Crippen LogP contribution in [-0.4, -0.2) is 44.6 Å². The van der Waals surface area contributed by atoms with Crippen LogP contribution in [0.15, 0.2) is 41.3 Å². The SMILES string of the molecule is CCCC(CNC(=O)COC(=O)c1ccc(S(C)(=O)=O)c([N+](=O)[O-])c1)c1ccc(Cl)cc1Cl. The van der Waals surface area contributed by atoms with E-state index >= 15 is 0 Å². The van der Waals surface area contributed by atoms with E-state index in [1.54, 1.807) is 18.2 Å². The Morgan fingerprint density at radius 3 is 2.45 bits per heavy atom. The summed E-state index contributed by atoms with van der Waals surface area (Å²) >= 11 is 12.2. The molecule has 0 bridgehead atoms. The van der Waals surface area contributed by atoms with E-state index in [0.29, 0.717) is 10.0 Å². The Bertz CT molecular complexity index is 1170. The van der Waals surface area contributed by atoms with Crippen LogP contribution in [0.25, 0.3) is 0 Å². The van der Waals surface area contributed by atoms with Gasteiger partial charge in [-0.15, -0.1) is 0 Å². The number of halogens is 2. The molecule has 0 fully saturated rings. The van der Waals surface area contributed by atoms with Crippen molar-refractivity contribution in [2.45, 2.75) is 30.6 Å². The van der Waals surface area contributed by atoms with Gasteiger partial charge in [-0.3, -0.25) is 14.9 Å². The summed E-state index contributed by atoms with van der Waals surface area (Å²) in [4.78, 5) is 34.2. The molecule has 9 nitrogen and oxygen atoms in total. The zero-order valence-electron chi connectivity index (χ0n) is 17.8. The van der Waals surface area contributed by atoms with Crippen molar-refractivity contribution in [3.8, 4) is 0 Å². The molecule has 33 heavy (non-hydrogen) atoms. The van der Waals surface area contributed by atoms with Crippen molar-refractivity contribution < 1.29 is 27.7 Å². The lowest BCUT2D eigenvalue weighted by Crippen LogP contribution is -2.32.